The molecule has 0 unspecified atom stereocenters. The van der Waals surface area contributed by atoms with E-state index < -0.39 is 11.7 Å². The van der Waals surface area contributed by atoms with Crippen LogP contribution in [0.5, 0.6) is 0 Å². The molecule has 1 aliphatic rings. The Bertz CT molecular complexity index is 732. The van der Waals surface area contributed by atoms with Gasteiger partial charge < -0.3 is 15.5 Å². The monoisotopic (exact) mass is 425 g/mol. The topological polar surface area (TPSA) is 78.5 Å². The standard InChI is InChI=1S/C21H29ClFN3O3/c1-3-14(4-2)21(29)26-11-8-16(9-12-26)25-19(27)7-10-24-20(28)17-6-5-15(23)13-18(17)22/h5-6,13-14,16H,3-4,7-12H2,1-2H3,(H,24,28)(H,25,27). The molecule has 0 atom stereocenters. The second kappa shape index (κ2) is 11.1. The molecule has 1 aliphatic heterocycles. The lowest BCUT2D eigenvalue weighted by atomic mass is 9.98. The zero-order chi connectivity index (χ0) is 21.4. The van der Waals surface area contributed by atoms with E-state index in [2.05, 4.69) is 10.6 Å². The van der Waals surface area contributed by atoms with Crippen LogP contribution in [0.3, 0.4) is 0 Å². The third kappa shape index (κ3) is 6.70. The van der Waals surface area contributed by atoms with Crippen LogP contribution in [0.4, 0.5) is 4.39 Å². The van der Waals surface area contributed by atoms with Crippen molar-refractivity contribution in [1.82, 2.24) is 15.5 Å². The van der Waals surface area contributed by atoms with Crippen molar-refractivity contribution in [1.29, 1.82) is 0 Å². The number of hydrogen-bond acceptors (Lipinski definition) is 3. The lowest BCUT2D eigenvalue weighted by Gasteiger charge is -2.34. The molecule has 6 nitrogen and oxygen atoms in total. The number of hydrogen-bond donors (Lipinski definition) is 2. The summed E-state index contributed by atoms with van der Waals surface area (Å²) in [6.07, 6.45) is 3.30. The molecule has 1 heterocycles. The van der Waals surface area contributed by atoms with E-state index >= 15 is 0 Å². The highest BCUT2D eigenvalue weighted by atomic mass is 35.5. The maximum absolute atomic E-state index is 13.0. The first kappa shape index (κ1) is 23.1. The van der Waals surface area contributed by atoms with Crippen LogP contribution < -0.4 is 10.6 Å². The van der Waals surface area contributed by atoms with E-state index in [9.17, 15) is 18.8 Å². The first-order chi connectivity index (χ1) is 13.8. The SMILES string of the molecule is CCC(CC)C(=O)N1CCC(NC(=O)CCNC(=O)c2ccc(F)cc2Cl)CC1. The molecular formula is C21H29ClFN3O3. The Morgan fingerprint density at radius 1 is 1.21 bits per heavy atom. The van der Waals surface area contributed by atoms with Gasteiger partial charge in [-0.3, -0.25) is 14.4 Å². The summed E-state index contributed by atoms with van der Waals surface area (Å²) < 4.78 is 13.0. The highest BCUT2D eigenvalue weighted by Crippen LogP contribution is 2.18. The fourth-order valence-corrected chi connectivity index (χ4v) is 3.75. The molecule has 2 N–H and O–H groups in total. The van der Waals surface area contributed by atoms with Gasteiger partial charge in [0, 0.05) is 38.0 Å². The van der Waals surface area contributed by atoms with E-state index in [1.54, 1.807) is 0 Å². The molecular weight excluding hydrogens is 397 g/mol. The van der Waals surface area contributed by atoms with Gasteiger partial charge in [-0.25, -0.2) is 4.39 Å². The summed E-state index contributed by atoms with van der Waals surface area (Å²) in [7, 11) is 0. The van der Waals surface area contributed by atoms with Gasteiger partial charge in [-0.15, -0.1) is 0 Å². The molecule has 2 rings (SSSR count). The molecule has 160 valence electrons. The minimum atomic E-state index is -0.515. The van der Waals surface area contributed by atoms with Crippen molar-refractivity contribution in [3.05, 3.63) is 34.6 Å². The van der Waals surface area contributed by atoms with Crippen LogP contribution in [0.15, 0.2) is 18.2 Å². The molecule has 3 amide bonds. The maximum Gasteiger partial charge on any atom is 0.252 e. The highest BCUT2D eigenvalue weighted by Gasteiger charge is 2.27. The Morgan fingerprint density at radius 3 is 2.45 bits per heavy atom. The average molecular weight is 426 g/mol. The zero-order valence-corrected chi connectivity index (χ0v) is 17.7. The van der Waals surface area contributed by atoms with Crippen molar-refractivity contribution in [2.75, 3.05) is 19.6 Å². The summed E-state index contributed by atoms with van der Waals surface area (Å²) in [6.45, 7) is 5.52. The summed E-state index contributed by atoms with van der Waals surface area (Å²) in [5.74, 6) is -0.823. The van der Waals surface area contributed by atoms with Crippen molar-refractivity contribution in [2.24, 2.45) is 5.92 Å². The van der Waals surface area contributed by atoms with Gasteiger partial charge in [0.2, 0.25) is 11.8 Å². The van der Waals surface area contributed by atoms with E-state index in [0.29, 0.717) is 13.1 Å². The van der Waals surface area contributed by atoms with Gasteiger partial charge in [-0.05, 0) is 43.9 Å². The Hall–Kier alpha value is -2.15. The van der Waals surface area contributed by atoms with E-state index in [0.717, 1.165) is 37.8 Å². The van der Waals surface area contributed by atoms with E-state index in [4.69, 9.17) is 11.6 Å². The first-order valence-corrected chi connectivity index (χ1v) is 10.5. The summed E-state index contributed by atoms with van der Waals surface area (Å²) in [6, 6.07) is 3.58. The minimum absolute atomic E-state index is 0.0293. The normalized spacial score (nSPS) is 14.7. The van der Waals surface area contributed by atoms with Crippen LogP contribution in [-0.4, -0.2) is 48.3 Å². The Balaban J connectivity index is 1.70. The second-order valence-corrected chi connectivity index (χ2v) is 7.72. The third-order valence-electron chi connectivity index (χ3n) is 5.32. The predicted octanol–water partition coefficient (Wildman–Crippen LogP) is 3.14. The maximum atomic E-state index is 13.0. The van der Waals surface area contributed by atoms with Crippen molar-refractivity contribution < 1.29 is 18.8 Å². The molecule has 0 saturated carbocycles. The van der Waals surface area contributed by atoms with Crippen LogP contribution in [0.1, 0.15) is 56.3 Å². The number of likely N-dealkylation sites (tertiary alicyclic amines) is 1. The molecule has 0 bridgehead atoms. The molecule has 29 heavy (non-hydrogen) atoms. The zero-order valence-electron chi connectivity index (χ0n) is 17.0. The van der Waals surface area contributed by atoms with Crippen molar-refractivity contribution in [2.45, 2.75) is 52.0 Å². The molecule has 0 radical (unpaired) electrons. The van der Waals surface area contributed by atoms with Crippen LogP contribution >= 0.6 is 11.6 Å². The molecule has 1 aromatic carbocycles. The van der Waals surface area contributed by atoms with Crippen LogP contribution in [-0.2, 0) is 9.59 Å². The molecule has 0 aromatic heterocycles. The number of nitrogens with zero attached hydrogens (tertiary/aromatic N) is 1. The number of nitrogens with one attached hydrogen (secondary N) is 2. The number of carbonyl (C=O) groups excluding carboxylic acids is 3. The average Bonchev–Trinajstić information content (AvgIpc) is 2.69. The van der Waals surface area contributed by atoms with Crippen LogP contribution in [0.2, 0.25) is 5.02 Å². The molecule has 1 fully saturated rings. The van der Waals surface area contributed by atoms with Gasteiger partial charge in [0.05, 0.1) is 10.6 Å². The van der Waals surface area contributed by atoms with Gasteiger partial charge in [0.1, 0.15) is 5.82 Å². The van der Waals surface area contributed by atoms with E-state index in [-0.39, 0.29) is 47.3 Å². The smallest absolute Gasteiger partial charge is 0.252 e. The minimum Gasteiger partial charge on any atom is -0.353 e. The number of amides is 3. The van der Waals surface area contributed by atoms with Crippen LogP contribution in [0, 0.1) is 11.7 Å². The number of halogens is 2. The quantitative estimate of drug-likeness (QED) is 0.671. The van der Waals surface area contributed by atoms with Gasteiger partial charge in [-0.1, -0.05) is 25.4 Å². The summed E-state index contributed by atoms with van der Waals surface area (Å²) >= 11 is 5.86. The van der Waals surface area contributed by atoms with Crippen molar-refractivity contribution >= 4 is 29.3 Å². The van der Waals surface area contributed by atoms with Crippen molar-refractivity contribution in [3.8, 4) is 0 Å². The predicted molar refractivity (Wildman–Crippen MR) is 110 cm³/mol. The molecule has 1 aromatic rings. The number of piperidine rings is 1. The lowest BCUT2D eigenvalue weighted by Crippen LogP contribution is -2.48. The van der Waals surface area contributed by atoms with Crippen LogP contribution in [0.25, 0.3) is 0 Å². The number of rotatable bonds is 8. The summed E-state index contributed by atoms with van der Waals surface area (Å²) in [5.41, 5.74) is 0.169. The number of carbonyl (C=O) groups is 3. The molecule has 0 aliphatic carbocycles. The summed E-state index contributed by atoms with van der Waals surface area (Å²) in [5, 5.41) is 5.61. The largest absolute Gasteiger partial charge is 0.353 e. The van der Waals surface area contributed by atoms with E-state index in [1.807, 2.05) is 18.7 Å². The summed E-state index contributed by atoms with van der Waals surface area (Å²) in [4.78, 5) is 38.5. The van der Waals surface area contributed by atoms with E-state index in [1.165, 1.54) is 6.07 Å². The van der Waals surface area contributed by atoms with Gasteiger partial charge in [-0.2, -0.15) is 0 Å². The second-order valence-electron chi connectivity index (χ2n) is 7.31. The highest BCUT2D eigenvalue weighted by molar-refractivity contribution is 6.33. The molecule has 0 spiro atoms. The Labute approximate surface area is 176 Å². The molecule has 1 saturated heterocycles. The van der Waals surface area contributed by atoms with Crippen molar-refractivity contribution in [3.63, 3.8) is 0 Å². The molecule has 8 heteroatoms. The van der Waals surface area contributed by atoms with Gasteiger partial charge in [0.25, 0.3) is 5.91 Å². The fourth-order valence-electron chi connectivity index (χ4n) is 3.50. The Kier molecular flexibility index (Phi) is 8.89. The fraction of sp³-hybridized carbons (Fsp3) is 0.571. The lowest BCUT2D eigenvalue weighted by molar-refractivity contribution is -0.137. The first-order valence-electron chi connectivity index (χ1n) is 10.2. The van der Waals surface area contributed by atoms with Gasteiger partial charge >= 0.3 is 0 Å². The van der Waals surface area contributed by atoms with Gasteiger partial charge in [0.15, 0.2) is 0 Å². The number of benzene rings is 1. The third-order valence-corrected chi connectivity index (χ3v) is 5.63. The Morgan fingerprint density at radius 2 is 1.86 bits per heavy atom.